The maximum absolute atomic E-state index is 12.6. The molecule has 4 atom stereocenters. The molecule has 1 saturated carbocycles. The molecule has 26 heavy (non-hydrogen) atoms. The molecule has 6 heteroatoms. The van der Waals surface area contributed by atoms with Crippen molar-refractivity contribution in [2.45, 2.75) is 13.3 Å². The minimum atomic E-state index is -0.340. The fraction of sp³-hybridized carbons (Fsp3) is 0.450. The number of aryl methyl sites for hydroxylation is 1. The molecule has 1 saturated heterocycles. The second-order valence-corrected chi connectivity index (χ2v) is 7.70. The zero-order valence-electron chi connectivity index (χ0n) is 15.2. The van der Waals surface area contributed by atoms with Gasteiger partial charge in [-0.05, 0) is 48.9 Å². The number of allylic oxidation sites excluding steroid dienone is 2. The summed E-state index contributed by atoms with van der Waals surface area (Å²) in [6, 6.07) is 5.74. The van der Waals surface area contributed by atoms with Crippen LogP contribution in [0.25, 0.3) is 0 Å². The van der Waals surface area contributed by atoms with Gasteiger partial charge >= 0.3 is 0 Å². The second kappa shape index (κ2) is 5.97. The van der Waals surface area contributed by atoms with Crippen LogP contribution < -0.4 is 10.2 Å². The molecule has 3 amide bonds. The number of carbonyl (C=O) groups excluding carboxylic acids is 3. The number of nitrogens with one attached hydrogen (secondary N) is 1. The van der Waals surface area contributed by atoms with Crippen molar-refractivity contribution < 1.29 is 14.4 Å². The summed E-state index contributed by atoms with van der Waals surface area (Å²) in [5.74, 6) is -0.908. The second-order valence-electron chi connectivity index (χ2n) is 7.70. The molecule has 6 nitrogen and oxygen atoms in total. The van der Waals surface area contributed by atoms with E-state index in [2.05, 4.69) is 17.5 Å². The fourth-order valence-corrected chi connectivity index (χ4v) is 4.52. The Balaban J connectivity index is 1.45. The van der Waals surface area contributed by atoms with Crippen LogP contribution in [0.3, 0.4) is 0 Å². The van der Waals surface area contributed by atoms with Crippen molar-refractivity contribution in [1.82, 2.24) is 4.90 Å². The molecule has 1 aliphatic heterocycles. The highest BCUT2D eigenvalue weighted by molar-refractivity contribution is 6.09. The summed E-state index contributed by atoms with van der Waals surface area (Å²) in [6.07, 6.45) is 5.00. The molecular weight excluding hydrogens is 330 g/mol. The van der Waals surface area contributed by atoms with Crippen molar-refractivity contribution in [3.63, 3.8) is 0 Å². The normalized spacial score (nSPS) is 28.7. The monoisotopic (exact) mass is 353 g/mol. The summed E-state index contributed by atoms with van der Waals surface area (Å²) in [5.41, 5.74) is 2.67. The number of rotatable bonds is 4. The quantitative estimate of drug-likeness (QED) is 0.662. The minimum absolute atomic E-state index is 0.162. The summed E-state index contributed by atoms with van der Waals surface area (Å²) >= 11 is 0. The van der Waals surface area contributed by atoms with Crippen molar-refractivity contribution >= 4 is 29.1 Å². The first kappa shape index (κ1) is 16.8. The highest BCUT2D eigenvalue weighted by Crippen LogP contribution is 2.52. The van der Waals surface area contributed by atoms with Crippen molar-refractivity contribution in [2.75, 3.05) is 30.9 Å². The fourth-order valence-electron chi connectivity index (χ4n) is 4.52. The lowest BCUT2D eigenvalue weighted by atomic mass is 9.85. The highest BCUT2D eigenvalue weighted by Gasteiger charge is 2.59. The zero-order valence-corrected chi connectivity index (χ0v) is 15.2. The minimum Gasteiger partial charge on any atom is -0.378 e. The SMILES string of the molecule is Cc1cc(N(C)C)ccc1NC(=O)CN1C(=O)[C@H]2[C@H](C1=O)[C@H]1C=C[C@H]2C1. The molecule has 4 rings (SSSR count). The highest BCUT2D eigenvalue weighted by atomic mass is 16.2. The van der Waals surface area contributed by atoms with Crippen molar-refractivity contribution in [1.29, 1.82) is 0 Å². The summed E-state index contributed by atoms with van der Waals surface area (Å²) in [4.78, 5) is 40.9. The zero-order chi connectivity index (χ0) is 18.6. The van der Waals surface area contributed by atoms with Crippen LogP contribution in [-0.2, 0) is 14.4 Å². The maximum Gasteiger partial charge on any atom is 0.244 e. The number of carbonyl (C=O) groups is 3. The third-order valence-corrected chi connectivity index (χ3v) is 5.86. The Morgan fingerprint density at radius 2 is 1.77 bits per heavy atom. The molecule has 2 fully saturated rings. The number of benzene rings is 1. The van der Waals surface area contributed by atoms with Crippen LogP contribution in [0, 0.1) is 30.6 Å². The Kier molecular flexibility index (Phi) is 3.86. The predicted molar refractivity (Wildman–Crippen MR) is 98.6 cm³/mol. The largest absolute Gasteiger partial charge is 0.378 e. The molecule has 0 aromatic heterocycles. The topological polar surface area (TPSA) is 69.7 Å². The Morgan fingerprint density at radius 3 is 2.31 bits per heavy atom. The Morgan fingerprint density at radius 1 is 1.15 bits per heavy atom. The molecule has 0 spiro atoms. The van der Waals surface area contributed by atoms with Crippen molar-refractivity contribution in [2.24, 2.45) is 23.7 Å². The number of likely N-dealkylation sites (tertiary alicyclic amines) is 1. The average Bonchev–Trinajstić information content (AvgIpc) is 3.26. The maximum atomic E-state index is 12.6. The molecule has 136 valence electrons. The van der Waals surface area contributed by atoms with Crippen molar-refractivity contribution in [3.05, 3.63) is 35.9 Å². The van der Waals surface area contributed by atoms with E-state index in [1.807, 2.05) is 44.1 Å². The van der Waals surface area contributed by atoms with Gasteiger partial charge < -0.3 is 10.2 Å². The van der Waals surface area contributed by atoms with Gasteiger partial charge in [0.25, 0.3) is 0 Å². The van der Waals surface area contributed by atoms with Crippen LogP contribution in [0.1, 0.15) is 12.0 Å². The van der Waals surface area contributed by atoms with Gasteiger partial charge in [-0.1, -0.05) is 12.2 Å². The van der Waals surface area contributed by atoms with E-state index in [0.29, 0.717) is 5.69 Å². The molecule has 2 bridgehead atoms. The molecule has 2 aliphatic carbocycles. The summed E-state index contributed by atoms with van der Waals surface area (Å²) in [6.45, 7) is 1.71. The smallest absolute Gasteiger partial charge is 0.244 e. The van der Waals surface area contributed by atoms with Crippen LogP contribution in [0.15, 0.2) is 30.4 Å². The van der Waals surface area contributed by atoms with Crippen LogP contribution in [0.4, 0.5) is 11.4 Å². The van der Waals surface area contributed by atoms with Gasteiger partial charge in [0.15, 0.2) is 0 Å². The van der Waals surface area contributed by atoms with Gasteiger partial charge in [-0.25, -0.2) is 0 Å². The summed E-state index contributed by atoms with van der Waals surface area (Å²) in [5, 5.41) is 2.83. The number of nitrogens with zero attached hydrogens (tertiary/aromatic N) is 2. The number of hydrogen-bond donors (Lipinski definition) is 1. The van der Waals surface area contributed by atoms with Gasteiger partial charge in [-0.3, -0.25) is 19.3 Å². The Hall–Kier alpha value is -2.63. The van der Waals surface area contributed by atoms with Crippen LogP contribution >= 0.6 is 0 Å². The predicted octanol–water partition coefficient (Wildman–Crippen LogP) is 1.81. The van der Waals surface area contributed by atoms with E-state index in [1.54, 1.807) is 0 Å². The average molecular weight is 353 g/mol. The van der Waals surface area contributed by atoms with Gasteiger partial charge in [-0.15, -0.1) is 0 Å². The standard InChI is InChI=1S/C20H23N3O3/c1-11-8-14(22(2)3)6-7-15(11)21-16(24)10-23-19(25)17-12-4-5-13(9-12)18(17)20(23)26/h4-8,12-13,17-18H,9-10H2,1-3H3,(H,21,24)/t12-,13-,17+,18+/m0/s1. The molecule has 3 aliphatic rings. The third kappa shape index (κ3) is 2.52. The first-order valence-electron chi connectivity index (χ1n) is 8.98. The van der Waals surface area contributed by atoms with Crippen LogP contribution in [0.2, 0.25) is 0 Å². The lowest BCUT2D eigenvalue weighted by Gasteiger charge is -2.18. The van der Waals surface area contributed by atoms with Crippen molar-refractivity contribution in [3.8, 4) is 0 Å². The molecule has 0 radical (unpaired) electrons. The Bertz CT molecular complexity index is 800. The number of imide groups is 1. The lowest BCUT2D eigenvalue weighted by molar-refractivity contribution is -0.143. The van der Waals surface area contributed by atoms with E-state index in [-0.39, 0.29) is 47.9 Å². The number of anilines is 2. The first-order chi connectivity index (χ1) is 12.4. The van der Waals surface area contributed by atoms with E-state index in [4.69, 9.17) is 0 Å². The van der Waals surface area contributed by atoms with E-state index in [9.17, 15) is 14.4 Å². The van der Waals surface area contributed by atoms with Gasteiger partial charge in [0.1, 0.15) is 6.54 Å². The van der Waals surface area contributed by atoms with E-state index in [0.717, 1.165) is 22.6 Å². The summed E-state index contributed by atoms with van der Waals surface area (Å²) in [7, 11) is 3.91. The van der Waals surface area contributed by atoms with Gasteiger partial charge in [0.2, 0.25) is 17.7 Å². The van der Waals surface area contributed by atoms with Crippen LogP contribution in [0.5, 0.6) is 0 Å². The number of hydrogen-bond acceptors (Lipinski definition) is 4. The van der Waals surface area contributed by atoms with E-state index >= 15 is 0 Å². The Labute approximate surface area is 152 Å². The van der Waals surface area contributed by atoms with Gasteiger partial charge in [0.05, 0.1) is 11.8 Å². The molecular formula is C20H23N3O3. The molecule has 1 N–H and O–H groups in total. The lowest BCUT2D eigenvalue weighted by Crippen LogP contribution is -2.39. The van der Waals surface area contributed by atoms with Gasteiger partial charge in [-0.2, -0.15) is 0 Å². The number of amides is 3. The third-order valence-electron chi connectivity index (χ3n) is 5.86. The summed E-state index contributed by atoms with van der Waals surface area (Å²) < 4.78 is 0. The molecule has 0 unspecified atom stereocenters. The van der Waals surface area contributed by atoms with Gasteiger partial charge in [0, 0.05) is 25.5 Å². The number of fused-ring (bicyclic) bond motifs is 5. The molecule has 1 aromatic carbocycles. The molecule has 1 heterocycles. The van der Waals surface area contributed by atoms with E-state index < -0.39 is 0 Å². The molecule has 1 aromatic rings. The van der Waals surface area contributed by atoms with Crippen LogP contribution in [-0.4, -0.2) is 43.3 Å². The van der Waals surface area contributed by atoms with E-state index in [1.165, 1.54) is 0 Å². The first-order valence-corrected chi connectivity index (χ1v) is 8.98.